The van der Waals surface area contributed by atoms with Gasteiger partial charge in [-0.25, -0.2) is 9.59 Å². The van der Waals surface area contributed by atoms with E-state index in [9.17, 15) is 9.59 Å². The third-order valence-electron chi connectivity index (χ3n) is 3.56. The first-order valence-corrected chi connectivity index (χ1v) is 7.61. The zero-order chi connectivity index (χ0) is 16.1. The topological polar surface area (TPSA) is 67.4 Å². The van der Waals surface area contributed by atoms with E-state index in [1.165, 1.54) is 0 Å². The van der Waals surface area contributed by atoms with Crippen LogP contribution in [0.2, 0.25) is 0 Å². The van der Waals surface area contributed by atoms with Crippen LogP contribution in [-0.2, 0) is 9.53 Å². The summed E-state index contributed by atoms with van der Waals surface area (Å²) in [5.41, 5.74) is 3.14. The molecule has 0 saturated carbocycles. The maximum atomic E-state index is 12.4. The second kappa shape index (κ2) is 7.11. The van der Waals surface area contributed by atoms with Crippen LogP contribution in [-0.4, -0.2) is 18.6 Å². The predicted octanol–water partition coefficient (Wildman–Crippen LogP) is 2.97. The smallest absolute Gasteiger partial charge is 0.338 e. The average molecular weight is 302 g/mol. The summed E-state index contributed by atoms with van der Waals surface area (Å²) in [6.07, 6.45) is 1.46. The molecule has 0 fully saturated rings. The SMILES string of the molecule is CCCC1=C(C(=O)OCC)[C@@H](c2ccc(C)cc2)NC(=O)N1. The van der Waals surface area contributed by atoms with Gasteiger partial charge in [-0.15, -0.1) is 0 Å². The Bertz CT molecular complexity index is 590. The molecule has 1 heterocycles. The van der Waals surface area contributed by atoms with Crippen molar-refractivity contribution in [3.8, 4) is 0 Å². The summed E-state index contributed by atoms with van der Waals surface area (Å²) >= 11 is 0. The minimum absolute atomic E-state index is 0.290. The Kier molecular flexibility index (Phi) is 5.20. The van der Waals surface area contributed by atoms with Crippen molar-refractivity contribution in [2.24, 2.45) is 0 Å². The summed E-state index contributed by atoms with van der Waals surface area (Å²) in [7, 11) is 0. The van der Waals surface area contributed by atoms with Gasteiger partial charge in [0.15, 0.2) is 0 Å². The maximum Gasteiger partial charge on any atom is 0.338 e. The van der Waals surface area contributed by atoms with Crippen molar-refractivity contribution in [1.82, 2.24) is 10.6 Å². The number of carbonyl (C=O) groups is 2. The molecule has 0 bridgehead atoms. The van der Waals surface area contributed by atoms with Gasteiger partial charge in [0.2, 0.25) is 0 Å². The van der Waals surface area contributed by atoms with Gasteiger partial charge < -0.3 is 15.4 Å². The lowest BCUT2D eigenvalue weighted by atomic mass is 9.93. The molecule has 118 valence electrons. The molecule has 22 heavy (non-hydrogen) atoms. The normalized spacial score (nSPS) is 17.8. The molecule has 2 rings (SSSR count). The number of hydrogen-bond acceptors (Lipinski definition) is 3. The van der Waals surface area contributed by atoms with Gasteiger partial charge in [-0.05, 0) is 25.8 Å². The molecule has 2 N–H and O–H groups in total. The highest BCUT2D eigenvalue weighted by Gasteiger charge is 2.33. The van der Waals surface area contributed by atoms with E-state index in [1.807, 2.05) is 38.1 Å². The Balaban J connectivity index is 2.47. The van der Waals surface area contributed by atoms with Gasteiger partial charge in [0, 0.05) is 5.70 Å². The highest BCUT2D eigenvalue weighted by atomic mass is 16.5. The van der Waals surface area contributed by atoms with Gasteiger partial charge in [0.05, 0.1) is 18.2 Å². The van der Waals surface area contributed by atoms with Crippen LogP contribution in [0.4, 0.5) is 4.79 Å². The van der Waals surface area contributed by atoms with Crippen LogP contribution < -0.4 is 10.6 Å². The van der Waals surface area contributed by atoms with Crippen molar-refractivity contribution < 1.29 is 14.3 Å². The number of benzene rings is 1. The largest absolute Gasteiger partial charge is 0.463 e. The monoisotopic (exact) mass is 302 g/mol. The first-order valence-electron chi connectivity index (χ1n) is 7.61. The van der Waals surface area contributed by atoms with Crippen LogP contribution in [0.25, 0.3) is 0 Å². The second-order valence-electron chi connectivity index (χ2n) is 5.30. The third-order valence-corrected chi connectivity index (χ3v) is 3.56. The molecular weight excluding hydrogens is 280 g/mol. The Morgan fingerprint density at radius 2 is 1.91 bits per heavy atom. The fourth-order valence-electron chi connectivity index (χ4n) is 2.52. The van der Waals surface area contributed by atoms with Crippen LogP contribution in [0.3, 0.4) is 0 Å². The molecule has 0 spiro atoms. The van der Waals surface area contributed by atoms with E-state index >= 15 is 0 Å². The number of allylic oxidation sites excluding steroid dienone is 1. The summed E-state index contributed by atoms with van der Waals surface area (Å²) in [5.74, 6) is -0.385. The van der Waals surface area contributed by atoms with Crippen molar-refractivity contribution in [1.29, 1.82) is 0 Å². The second-order valence-corrected chi connectivity index (χ2v) is 5.30. The first kappa shape index (κ1) is 16.1. The fourth-order valence-corrected chi connectivity index (χ4v) is 2.52. The van der Waals surface area contributed by atoms with Crippen molar-refractivity contribution in [3.05, 3.63) is 46.7 Å². The van der Waals surface area contributed by atoms with Crippen molar-refractivity contribution >= 4 is 12.0 Å². The molecule has 0 radical (unpaired) electrons. The molecule has 0 saturated heterocycles. The Morgan fingerprint density at radius 3 is 2.50 bits per heavy atom. The summed E-state index contributed by atoms with van der Waals surface area (Å²) in [6, 6.07) is 7.01. The van der Waals surface area contributed by atoms with Gasteiger partial charge in [-0.1, -0.05) is 43.2 Å². The number of rotatable bonds is 5. The summed E-state index contributed by atoms with van der Waals surface area (Å²) in [5, 5.41) is 5.57. The van der Waals surface area contributed by atoms with Gasteiger partial charge in [0.1, 0.15) is 0 Å². The van der Waals surface area contributed by atoms with Crippen LogP contribution in [0.5, 0.6) is 0 Å². The van der Waals surface area contributed by atoms with Crippen LogP contribution in [0, 0.1) is 6.92 Å². The number of amides is 2. The van der Waals surface area contributed by atoms with E-state index in [0.29, 0.717) is 24.3 Å². The Hall–Kier alpha value is -2.30. The number of esters is 1. The standard InChI is InChI=1S/C17H22N2O3/c1-4-6-13-14(16(20)22-5-2)15(19-17(21)18-13)12-9-7-11(3)8-10-12/h7-10,15H,4-6H2,1-3H3,(H2,18,19,21)/t15-/m1/s1. The predicted molar refractivity (Wildman–Crippen MR) is 84.2 cm³/mol. The molecule has 5 heteroatoms. The first-order chi connectivity index (χ1) is 10.6. The molecule has 1 aromatic carbocycles. The lowest BCUT2D eigenvalue weighted by Gasteiger charge is -2.29. The maximum absolute atomic E-state index is 12.4. The van der Waals surface area contributed by atoms with Crippen molar-refractivity contribution in [3.63, 3.8) is 0 Å². The van der Waals surface area contributed by atoms with Gasteiger partial charge in [-0.2, -0.15) is 0 Å². The zero-order valence-corrected chi connectivity index (χ0v) is 13.2. The lowest BCUT2D eigenvalue weighted by molar-refractivity contribution is -0.139. The highest BCUT2D eigenvalue weighted by molar-refractivity contribution is 5.95. The molecule has 0 aliphatic carbocycles. The summed E-state index contributed by atoms with van der Waals surface area (Å²) in [4.78, 5) is 24.3. The lowest BCUT2D eigenvalue weighted by Crippen LogP contribution is -2.46. The van der Waals surface area contributed by atoms with E-state index in [-0.39, 0.29) is 12.0 Å². The van der Waals surface area contributed by atoms with Crippen LogP contribution >= 0.6 is 0 Å². The van der Waals surface area contributed by atoms with Gasteiger partial charge >= 0.3 is 12.0 Å². The number of urea groups is 1. The van der Waals surface area contributed by atoms with E-state index in [2.05, 4.69) is 10.6 Å². The van der Waals surface area contributed by atoms with E-state index in [4.69, 9.17) is 4.74 Å². The number of aryl methyl sites for hydroxylation is 1. The Labute approximate surface area is 130 Å². The van der Waals surface area contributed by atoms with Crippen LogP contribution in [0.15, 0.2) is 35.5 Å². The summed E-state index contributed by atoms with van der Waals surface area (Å²) < 4.78 is 5.18. The minimum atomic E-state index is -0.477. The fraction of sp³-hybridized carbons (Fsp3) is 0.412. The molecule has 0 aromatic heterocycles. The van der Waals surface area contributed by atoms with Gasteiger partial charge in [-0.3, -0.25) is 0 Å². The van der Waals surface area contributed by atoms with Crippen LogP contribution in [0.1, 0.15) is 43.9 Å². The molecule has 0 unspecified atom stereocenters. The summed E-state index contributed by atoms with van der Waals surface area (Å²) in [6.45, 7) is 6.07. The molecule has 1 aliphatic heterocycles. The van der Waals surface area contributed by atoms with Crippen molar-refractivity contribution in [2.75, 3.05) is 6.61 Å². The third kappa shape index (κ3) is 3.47. The Morgan fingerprint density at radius 1 is 1.23 bits per heavy atom. The highest BCUT2D eigenvalue weighted by Crippen LogP contribution is 2.29. The quantitative estimate of drug-likeness (QED) is 0.822. The van der Waals surface area contributed by atoms with E-state index in [1.54, 1.807) is 6.92 Å². The van der Waals surface area contributed by atoms with Crippen molar-refractivity contribution in [2.45, 2.75) is 39.7 Å². The number of carbonyl (C=O) groups excluding carboxylic acids is 2. The van der Waals surface area contributed by atoms with E-state index in [0.717, 1.165) is 17.5 Å². The number of hydrogen-bond donors (Lipinski definition) is 2. The zero-order valence-electron chi connectivity index (χ0n) is 13.2. The molecule has 5 nitrogen and oxygen atoms in total. The molecule has 1 aromatic rings. The number of nitrogens with one attached hydrogen (secondary N) is 2. The number of ether oxygens (including phenoxy) is 1. The average Bonchev–Trinajstić information content (AvgIpc) is 2.48. The molecule has 2 amide bonds. The molecular formula is C17H22N2O3. The molecule has 1 atom stereocenters. The molecule has 1 aliphatic rings. The van der Waals surface area contributed by atoms with E-state index < -0.39 is 6.04 Å². The van der Waals surface area contributed by atoms with Gasteiger partial charge in [0.25, 0.3) is 0 Å². The minimum Gasteiger partial charge on any atom is -0.463 e.